The molecule has 0 amide bonds. The first-order chi connectivity index (χ1) is 6.91. The molecule has 5 N–H and O–H groups in total. The van der Waals surface area contributed by atoms with Crippen molar-refractivity contribution in [2.75, 3.05) is 0 Å². The van der Waals surface area contributed by atoms with E-state index in [1.807, 2.05) is 0 Å². The minimum Gasteiger partial charge on any atom is -0.504 e. The Morgan fingerprint density at radius 2 is 2.07 bits per heavy atom. The maximum atomic E-state index is 10.5. The van der Waals surface area contributed by atoms with E-state index < -0.39 is 12.0 Å². The highest BCUT2D eigenvalue weighted by molar-refractivity contribution is 9.10. The molecule has 0 saturated carbocycles. The molecule has 0 fully saturated rings. The lowest BCUT2D eigenvalue weighted by Gasteiger charge is -2.08. The Labute approximate surface area is 94.3 Å². The van der Waals surface area contributed by atoms with Crippen LogP contribution in [0, 0.1) is 0 Å². The number of carboxylic acids is 1. The summed E-state index contributed by atoms with van der Waals surface area (Å²) < 4.78 is 0.301. The Morgan fingerprint density at radius 1 is 1.47 bits per heavy atom. The van der Waals surface area contributed by atoms with Crippen molar-refractivity contribution in [2.24, 2.45) is 5.73 Å². The Morgan fingerprint density at radius 3 is 2.53 bits per heavy atom. The van der Waals surface area contributed by atoms with E-state index in [2.05, 4.69) is 15.9 Å². The summed E-state index contributed by atoms with van der Waals surface area (Å²) in [7, 11) is 0. The van der Waals surface area contributed by atoms with Gasteiger partial charge in [0.2, 0.25) is 0 Å². The van der Waals surface area contributed by atoms with E-state index >= 15 is 0 Å². The van der Waals surface area contributed by atoms with Crippen molar-refractivity contribution in [3.63, 3.8) is 0 Å². The van der Waals surface area contributed by atoms with Gasteiger partial charge in [0.05, 0.1) is 4.47 Å². The monoisotopic (exact) mass is 275 g/mol. The van der Waals surface area contributed by atoms with Gasteiger partial charge in [-0.05, 0) is 40.0 Å². The summed E-state index contributed by atoms with van der Waals surface area (Å²) in [6.45, 7) is 0. The number of halogens is 1. The second-order valence-corrected chi connectivity index (χ2v) is 3.95. The van der Waals surface area contributed by atoms with Crippen molar-refractivity contribution in [1.29, 1.82) is 0 Å². The SMILES string of the molecule is N[C@@H](Cc1cc(O)c(O)c(Br)c1)C(=O)O. The quantitative estimate of drug-likeness (QED) is 0.612. The number of hydrogen-bond acceptors (Lipinski definition) is 4. The molecular weight excluding hydrogens is 266 g/mol. The van der Waals surface area contributed by atoms with Crippen LogP contribution >= 0.6 is 15.9 Å². The van der Waals surface area contributed by atoms with Crippen LogP contribution in [-0.2, 0) is 11.2 Å². The standard InChI is InChI=1S/C9H10BrNO4/c10-5-1-4(2-6(11)9(14)15)3-7(12)8(5)13/h1,3,6,12-13H,2,11H2,(H,14,15)/t6-/m0/s1. The molecular formula is C9H10BrNO4. The van der Waals surface area contributed by atoms with Crippen LogP contribution in [0.25, 0.3) is 0 Å². The van der Waals surface area contributed by atoms with Gasteiger partial charge in [-0.2, -0.15) is 0 Å². The maximum absolute atomic E-state index is 10.5. The second kappa shape index (κ2) is 4.50. The third kappa shape index (κ3) is 2.84. The minimum atomic E-state index is -1.11. The normalized spacial score (nSPS) is 12.4. The van der Waals surface area contributed by atoms with Gasteiger partial charge in [0.15, 0.2) is 11.5 Å². The summed E-state index contributed by atoms with van der Waals surface area (Å²) in [4.78, 5) is 10.5. The van der Waals surface area contributed by atoms with Crippen molar-refractivity contribution in [3.05, 3.63) is 22.2 Å². The summed E-state index contributed by atoms with van der Waals surface area (Å²) in [6.07, 6.45) is 0.0851. The first-order valence-electron chi connectivity index (χ1n) is 4.10. The highest BCUT2D eigenvalue weighted by Gasteiger charge is 2.14. The Balaban J connectivity index is 2.92. The van der Waals surface area contributed by atoms with Crippen LogP contribution in [0.15, 0.2) is 16.6 Å². The fourth-order valence-corrected chi connectivity index (χ4v) is 1.60. The lowest BCUT2D eigenvalue weighted by molar-refractivity contribution is -0.138. The average molecular weight is 276 g/mol. The summed E-state index contributed by atoms with van der Waals surface area (Å²) in [5.74, 6) is -1.70. The maximum Gasteiger partial charge on any atom is 0.320 e. The lowest BCUT2D eigenvalue weighted by Crippen LogP contribution is -2.32. The number of phenolic OH excluding ortho intramolecular Hbond substituents is 2. The van der Waals surface area contributed by atoms with E-state index in [4.69, 9.17) is 10.8 Å². The molecule has 0 heterocycles. The van der Waals surface area contributed by atoms with Gasteiger partial charge in [-0.3, -0.25) is 4.79 Å². The number of aromatic hydroxyl groups is 2. The zero-order valence-electron chi connectivity index (χ0n) is 7.64. The molecule has 15 heavy (non-hydrogen) atoms. The smallest absolute Gasteiger partial charge is 0.320 e. The summed E-state index contributed by atoms with van der Waals surface area (Å²) in [5, 5.41) is 27.1. The number of nitrogens with two attached hydrogens (primary N) is 1. The van der Waals surface area contributed by atoms with Gasteiger partial charge >= 0.3 is 5.97 Å². The number of hydrogen-bond donors (Lipinski definition) is 4. The van der Waals surface area contributed by atoms with Gasteiger partial charge in [0.1, 0.15) is 6.04 Å². The van der Waals surface area contributed by atoms with Crippen LogP contribution < -0.4 is 5.73 Å². The molecule has 0 aliphatic rings. The number of aliphatic carboxylic acids is 1. The third-order valence-corrected chi connectivity index (χ3v) is 2.48. The van der Waals surface area contributed by atoms with E-state index in [9.17, 15) is 15.0 Å². The van der Waals surface area contributed by atoms with Gasteiger partial charge in [-0.1, -0.05) is 0 Å². The van der Waals surface area contributed by atoms with E-state index in [1.165, 1.54) is 12.1 Å². The zero-order chi connectivity index (χ0) is 11.6. The highest BCUT2D eigenvalue weighted by Crippen LogP contribution is 2.34. The predicted molar refractivity (Wildman–Crippen MR) is 56.8 cm³/mol. The number of phenols is 2. The predicted octanol–water partition coefficient (Wildman–Crippen LogP) is 0.815. The van der Waals surface area contributed by atoms with Crippen molar-refractivity contribution >= 4 is 21.9 Å². The summed E-state index contributed by atoms with van der Waals surface area (Å²) in [5.41, 5.74) is 5.86. The van der Waals surface area contributed by atoms with Crippen LogP contribution in [0.2, 0.25) is 0 Å². The molecule has 0 aliphatic carbocycles. The molecule has 0 saturated heterocycles. The van der Waals surface area contributed by atoms with Crippen LogP contribution in [0.3, 0.4) is 0 Å². The minimum absolute atomic E-state index is 0.0851. The van der Waals surface area contributed by atoms with Gasteiger partial charge < -0.3 is 21.1 Å². The molecule has 6 heteroatoms. The molecule has 82 valence electrons. The van der Waals surface area contributed by atoms with Crippen LogP contribution in [0.5, 0.6) is 11.5 Å². The first-order valence-corrected chi connectivity index (χ1v) is 4.90. The van der Waals surface area contributed by atoms with E-state index in [0.717, 1.165) is 0 Å². The molecule has 0 radical (unpaired) electrons. The molecule has 1 aromatic rings. The number of carboxylic acid groups (broad SMARTS) is 1. The lowest BCUT2D eigenvalue weighted by atomic mass is 10.1. The third-order valence-electron chi connectivity index (χ3n) is 1.88. The molecule has 0 unspecified atom stereocenters. The van der Waals surface area contributed by atoms with Gasteiger partial charge in [0, 0.05) is 0 Å². The summed E-state index contributed by atoms with van der Waals surface area (Å²) in [6, 6.07) is 1.77. The molecule has 0 bridgehead atoms. The van der Waals surface area contributed by atoms with Crippen molar-refractivity contribution < 1.29 is 20.1 Å². The average Bonchev–Trinajstić information content (AvgIpc) is 2.13. The second-order valence-electron chi connectivity index (χ2n) is 3.09. The zero-order valence-corrected chi connectivity index (χ0v) is 9.23. The van der Waals surface area contributed by atoms with Crippen molar-refractivity contribution in [1.82, 2.24) is 0 Å². The number of rotatable bonds is 3. The Hall–Kier alpha value is -1.27. The molecule has 1 aromatic carbocycles. The van der Waals surface area contributed by atoms with Gasteiger partial charge in [-0.15, -0.1) is 0 Å². The van der Waals surface area contributed by atoms with Crippen molar-refractivity contribution in [3.8, 4) is 11.5 Å². The number of carbonyl (C=O) groups is 1. The van der Waals surface area contributed by atoms with E-state index in [1.54, 1.807) is 0 Å². The molecule has 1 rings (SSSR count). The topological polar surface area (TPSA) is 104 Å². The Bertz CT molecular complexity index is 371. The molecule has 0 aliphatic heterocycles. The fourth-order valence-electron chi connectivity index (χ4n) is 1.10. The molecule has 1 atom stereocenters. The van der Waals surface area contributed by atoms with Crippen LogP contribution in [0.4, 0.5) is 0 Å². The summed E-state index contributed by atoms with van der Waals surface area (Å²) >= 11 is 3.03. The van der Waals surface area contributed by atoms with Crippen LogP contribution in [0.1, 0.15) is 5.56 Å². The van der Waals surface area contributed by atoms with E-state index in [0.29, 0.717) is 10.0 Å². The fraction of sp³-hybridized carbons (Fsp3) is 0.222. The molecule has 5 nitrogen and oxygen atoms in total. The first kappa shape index (κ1) is 11.8. The van der Waals surface area contributed by atoms with Crippen molar-refractivity contribution in [2.45, 2.75) is 12.5 Å². The Kier molecular flexibility index (Phi) is 3.54. The molecule has 0 spiro atoms. The largest absolute Gasteiger partial charge is 0.504 e. The van der Waals surface area contributed by atoms with Gasteiger partial charge in [0.25, 0.3) is 0 Å². The number of benzene rings is 1. The highest BCUT2D eigenvalue weighted by atomic mass is 79.9. The van der Waals surface area contributed by atoms with E-state index in [-0.39, 0.29) is 17.9 Å². The van der Waals surface area contributed by atoms with Gasteiger partial charge in [-0.25, -0.2) is 0 Å². The molecule has 0 aromatic heterocycles. The van der Waals surface area contributed by atoms with Crippen LogP contribution in [-0.4, -0.2) is 27.3 Å².